The Balaban J connectivity index is 1.83. The first kappa shape index (κ1) is 17.8. The van der Waals surface area contributed by atoms with E-state index < -0.39 is 22.9 Å². The molecule has 28 heavy (non-hydrogen) atoms. The van der Waals surface area contributed by atoms with Crippen molar-refractivity contribution in [2.45, 2.75) is 19.0 Å². The minimum absolute atomic E-state index is 0.0177. The average molecular weight is 387 g/mol. The van der Waals surface area contributed by atoms with Gasteiger partial charge in [-0.15, -0.1) is 0 Å². The summed E-state index contributed by atoms with van der Waals surface area (Å²) in [6.45, 7) is 0. The van der Waals surface area contributed by atoms with Gasteiger partial charge in [-0.05, 0) is 31.0 Å². The number of H-pyrrole nitrogens is 1. The topological polar surface area (TPSA) is 104 Å². The lowest BCUT2D eigenvalue weighted by molar-refractivity contribution is -0.137. The molecule has 1 aromatic carbocycles. The third-order valence-corrected chi connectivity index (χ3v) is 4.47. The number of hydrogen-bond donors (Lipinski definition) is 2. The molecule has 0 unspecified atom stereocenters. The number of benzene rings is 1. The van der Waals surface area contributed by atoms with Crippen molar-refractivity contribution in [3.8, 4) is 11.8 Å². The number of hydrogen-bond acceptors (Lipinski definition) is 4. The number of amides is 1. The molecule has 142 valence electrons. The van der Waals surface area contributed by atoms with Crippen molar-refractivity contribution in [2.24, 2.45) is 5.92 Å². The van der Waals surface area contributed by atoms with Crippen LogP contribution in [0.3, 0.4) is 0 Å². The number of carbonyl (C=O) groups excluding carboxylic acids is 1. The lowest BCUT2D eigenvalue weighted by atomic mass is 10.1. The lowest BCUT2D eigenvalue weighted by Gasteiger charge is -2.12. The van der Waals surface area contributed by atoms with E-state index >= 15 is 0 Å². The van der Waals surface area contributed by atoms with Gasteiger partial charge >= 0.3 is 6.18 Å². The molecule has 4 rings (SSSR count). The van der Waals surface area contributed by atoms with Crippen molar-refractivity contribution in [3.05, 3.63) is 51.9 Å². The van der Waals surface area contributed by atoms with Crippen molar-refractivity contribution < 1.29 is 18.0 Å². The number of carbonyl (C=O) groups is 1. The SMILES string of the molecule is N#Cc1ccc(-n2[nH]c(=O)c3cnc(NC(=O)C4CC4)cc32)cc1C(F)(F)F. The van der Waals surface area contributed by atoms with Crippen molar-refractivity contribution in [3.63, 3.8) is 0 Å². The Morgan fingerprint density at radius 3 is 2.71 bits per heavy atom. The number of aromatic nitrogens is 3. The molecule has 10 heteroatoms. The molecule has 0 saturated heterocycles. The highest BCUT2D eigenvalue weighted by molar-refractivity contribution is 5.94. The Bertz CT molecular complexity index is 1200. The van der Waals surface area contributed by atoms with Gasteiger partial charge in [-0.3, -0.25) is 19.4 Å². The Morgan fingerprint density at radius 2 is 2.07 bits per heavy atom. The molecule has 0 radical (unpaired) electrons. The second kappa shape index (κ2) is 6.23. The van der Waals surface area contributed by atoms with Crippen LogP contribution in [-0.2, 0) is 11.0 Å². The predicted molar refractivity (Wildman–Crippen MR) is 92.8 cm³/mol. The van der Waals surface area contributed by atoms with Gasteiger partial charge in [0.25, 0.3) is 5.56 Å². The van der Waals surface area contributed by atoms with Gasteiger partial charge in [0.2, 0.25) is 5.91 Å². The van der Waals surface area contributed by atoms with Crippen LogP contribution >= 0.6 is 0 Å². The highest BCUT2D eigenvalue weighted by Crippen LogP contribution is 2.34. The first-order valence-corrected chi connectivity index (χ1v) is 8.31. The van der Waals surface area contributed by atoms with Crippen LogP contribution in [0.2, 0.25) is 0 Å². The number of anilines is 1. The molecule has 0 spiro atoms. The number of halogens is 3. The monoisotopic (exact) mass is 387 g/mol. The van der Waals surface area contributed by atoms with E-state index in [1.54, 1.807) is 0 Å². The zero-order chi connectivity index (χ0) is 20.1. The minimum Gasteiger partial charge on any atom is -0.310 e. The maximum atomic E-state index is 13.2. The van der Waals surface area contributed by atoms with Gasteiger partial charge in [0.05, 0.1) is 33.8 Å². The first-order chi connectivity index (χ1) is 13.3. The fourth-order valence-electron chi connectivity index (χ4n) is 2.88. The van der Waals surface area contributed by atoms with Gasteiger partial charge < -0.3 is 5.32 Å². The summed E-state index contributed by atoms with van der Waals surface area (Å²) in [4.78, 5) is 28.1. The predicted octanol–water partition coefficient (Wildman–Crippen LogP) is 2.95. The Labute approximate surface area is 155 Å². The van der Waals surface area contributed by atoms with Gasteiger partial charge in [-0.2, -0.15) is 18.4 Å². The summed E-state index contributed by atoms with van der Waals surface area (Å²) < 4.78 is 40.9. The number of nitrogens with one attached hydrogen (secondary N) is 2. The molecule has 7 nitrogen and oxygen atoms in total. The first-order valence-electron chi connectivity index (χ1n) is 8.31. The fourth-order valence-corrected chi connectivity index (χ4v) is 2.88. The van der Waals surface area contributed by atoms with E-state index in [0.29, 0.717) is 0 Å². The maximum absolute atomic E-state index is 13.2. The standard InChI is InChI=1S/C18H12F3N5O2/c19-18(20,21)13-5-11(4-3-10(13)7-22)26-14-6-15(24-16(27)9-1-2-9)23-8-12(14)17(28)25-26/h3-6,8-9H,1-2H2,(H,25,28)(H,23,24,27). The molecule has 1 aliphatic carbocycles. The zero-order valence-electron chi connectivity index (χ0n) is 14.2. The van der Waals surface area contributed by atoms with Crippen LogP contribution < -0.4 is 10.9 Å². The van der Waals surface area contributed by atoms with Gasteiger partial charge in [0.1, 0.15) is 5.82 Å². The number of fused-ring (bicyclic) bond motifs is 1. The second-order valence-electron chi connectivity index (χ2n) is 6.47. The highest BCUT2D eigenvalue weighted by atomic mass is 19.4. The van der Waals surface area contributed by atoms with Crippen LogP contribution in [0.4, 0.5) is 19.0 Å². The van der Waals surface area contributed by atoms with Gasteiger partial charge in [-0.25, -0.2) is 4.98 Å². The van der Waals surface area contributed by atoms with Gasteiger partial charge in [0.15, 0.2) is 0 Å². The van der Waals surface area contributed by atoms with Crippen molar-refractivity contribution in [2.75, 3.05) is 5.32 Å². The van der Waals surface area contributed by atoms with E-state index in [4.69, 9.17) is 5.26 Å². The number of rotatable bonds is 3. The molecule has 0 bridgehead atoms. The summed E-state index contributed by atoms with van der Waals surface area (Å²) in [5, 5.41) is 14.2. The third-order valence-electron chi connectivity index (χ3n) is 4.47. The normalized spacial score (nSPS) is 14.1. The lowest BCUT2D eigenvalue weighted by Crippen LogP contribution is -2.14. The van der Waals surface area contributed by atoms with Crippen LogP contribution in [0.25, 0.3) is 16.6 Å². The van der Waals surface area contributed by atoms with Crippen LogP contribution in [0.5, 0.6) is 0 Å². The van der Waals surface area contributed by atoms with Crippen LogP contribution in [0, 0.1) is 17.2 Å². The smallest absolute Gasteiger partial charge is 0.310 e. The van der Waals surface area contributed by atoms with E-state index in [0.717, 1.165) is 25.0 Å². The average Bonchev–Trinajstić information content (AvgIpc) is 3.45. The van der Waals surface area contributed by atoms with Crippen molar-refractivity contribution >= 4 is 22.6 Å². The van der Waals surface area contributed by atoms with Crippen molar-refractivity contribution in [1.29, 1.82) is 5.26 Å². The molecule has 2 aromatic heterocycles. The van der Waals surface area contributed by atoms with E-state index in [1.165, 1.54) is 29.1 Å². The summed E-state index contributed by atoms with van der Waals surface area (Å²) >= 11 is 0. The summed E-state index contributed by atoms with van der Waals surface area (Å²) in [5.74, 6) is -0.0466. The zero-order valence-corrected chi connectivity index (χ0v) is 14.2. The van der Waals surface area contributed by atoms with Crippen molar-refractivity contribution in [1.82, 2.24) is 14.8 Å². The Kier molecular flexibility index (Phi) is 3.96. The van der Waals surface area contributed by atoms with E-state index in [-0.39, 0.29) is 34.2 Å². The quantitative estimate of drug-likeness (QED) is 0.721. The number of pyridine rings is 1. The van der Waals surface area contributed by atoms with Crippen LogP contribution in [0.15, 0.2) is 35.3 Å². The molecule has 1 amide bonds. The largest absolute Gasteiger partial charge is 0.417 e. The summed E-state index contributed by atoms with van der Waals surface area (Å²) in [7, 11) is 0. The summed E-state index contributed by atoms with van der Waals surface area (Å²) in [6.07, 6.45) is -1.88. The number of nitrogens with zero attached hydrogens (tertiary/aromatic N) is 3. The summed E-state index contributed by atoms with van der Waals surface area (Å²) in [5.41, 5.74) is -1.89. The maximum Gasteiger partial charge on any atom is 0.417 e. The number of aromatic amines is 1. The molecular formula is C18H12F3N5O2. The highest BCUT2D eigenvalue weighted by Gasteiger charge is 2.34. The third kappa shape index (κ3) is 3.11. The molecule has 3 aromatic rings. The van der Waals surface area contributed by atoms with Gasteiger partial charge in [-0.1, -0.05) is 0 Å². The molecule has 1 saturated carbocycles. The van der Waals surface area contributed by atoms with Crippen LogP contribution in [0.1, 0.15) is 24.0 Å². The number of nitriles is 1. The molecule has 0 aliphatic heterocycles. The second-order valence-corrected chi connectivity index (χ2v) is 6.47. The van der Waals surface area contributed by atoms with Gasteiger partial charge in [0, 0.05) is 18.2 Å². The van der Waals surface area contributed by atoms with Crippen LogP contribution in [-0.4, -0.2) is 20.7 Å². The van der Waals surface area contributed by atoms with E-state index in [9.17, 15) is 22.8 Å². The van der Waals surface area contributed by atoms with E-state index in [1.807, 2.05) is 0 Å². The summed E-state index contributed by atoms with van der Waals surface area (Å²) in [6, 6.07) is 6.05. The molecule has 1 fully saturated rings. The molecule has 0 atom stereocenters. The number of alkyl halides is 3. The molecule has 2 N–H and O–H groups in total. The Hall–Kier alpha value is -3.61. The fraction of sp³-hybridized carbons (Fsp3) is 0.222. The molecule has 2 heterocycles. The minimum atomic E-state index is -4.73. The molecular weight excluding hydrogens is 375 g/mol. The van der Waals surface area contributed by atoms with E-state index in [2.05, 4.69) is 15.4 Å². The Morgan fingerprint density at radius 1 is 1.32 bits per heavy atom. The molecule has 1 aliphatic rings.